The van der Waals surface area contributed by atoms with Crippen molar-refractivity contribution in [3.63, 3.8) is 0 Å². The minimum Gasteiger partial charge on any atom is -0.296 e. The number of nitrogens with zero attached hydrogens (tertiary/aromatic N) is 1. The Kier molecular flexibility index (Phi) is 2.04. The van der Waals surface area contributed by atoms with Crippen LogP contribution in [0.4, 0.5) is 0 Å². The van der Waals surface area contributed by atoms with E-state index in [-0.39, 0.29) is 11.5 Å². The standard InChI is InChI=1S/C7H13NO3S/c1-4-8-7(2,3)6(9)5-12(8,10)11/h4-5H2,1-3H3. The normalized spacial score (nSPS) is 27.8. The van der Waals surface area contributed by atoms with Crippen molar-refractivity contribution in [3.05, 3.63) is 0 Å². The van der Waals surface area contributed by atoms with Gasteiger partial charge in [-0.1, -0.05) is 6.92 Å². The number of likely N-dealkylation sites (N-methyl/N-ethyl adjacent to an activating group) is 1. The van der Waals surface area contributed by atoms with Crippen LogP contribution < -0.4 is 0 Å². The average molecular weight is 191 g/mol. The molecule has 4 nitrogen and oxygen atoms in total. The molecule has 0 aromatic heterocycles. The zero-order valence-electron chi connectivity index (χ0n) is 7.49. The van der Waals surface area contributed by atoms with Crippen molar-refractivity contribution < 1.29 is 13.2 Å². The van der Waals surface area contributed by atoms with E-state index in [1.807, 2.05) is 0 Å². The molecule has 0 atom stereocenters. The maximum Gasteiger partial charge on any atom is 0.222 e. The zero-order chi connectivity index (χ0) is 9.57. The number of sulfonamides is 1. The molecular weight excluding hydrogens is 178 g/mol. The number of carbonyl (C=O) groups is 1. The van der Waals surface area contributed by atoms with Crippen LogP contribution in [0, 0.1) is 0 Å². The van der Waals surface area contributed by atoms with Crippen LogP contribution in [0.15, 0.2) is 0 Å². The van der Waals surface area contributed by atoms with Gasteiger partial charge >= 0.3 is 0 Å². The third kappa shape index (κ3) is 1.17. The predicted molar refractivity (Wildman–Crippen MR) is 45.3 cm³/mol. The Bertz CT molecular complexity index is 305. The van der Waals surface area contributed by atoms with E-state index in [0.717, 1.165) is 0 Å². The van der Waals surface area contributed by atoms with E-state index in [0.29, 0.717) is 6.54 Å². The number of rotatable bonds is 1. The van der Waals surface area contributed by atoms with Gasteiger partial charge in [-0.3, -0.25) is 4.79 Å². The third-order valence-electron chi connectivity index (χ3n) is 2.24. The van der Waals surface area contributed by atoms with Crippen molar-refractivity contribution in [1.82, 2.24) is 4.31 Å². The fourth-order valence-electron chi connectivity index (χ4n) is 1.50. The van der Waals surface area contributed by atoms with Gasteiger partial charge in [-0.05, 0) is 13.8 Å². The highest BCUT2D eigenvalue weighted by atomic mass is 32.2. The fourth-order valence-corrected chi connectivity index (χ4v) is 3.53. The van der Waals surface area contributed by atoms with Gasteiger partial charge in [0.2, 0.25) is 10.0 Å². The van der Waals surface area contributed by atoms with Crippen LogP contribution in [0.5, 0.6) is 0 Å². The summed E-state index contributed by atoms with van der Waals surface area (Å²) in [6, 6.07) is 0. The lowest BCUT2D eigenvalue weighted by molar-refractivity contribution is -0.122. The summed E-state index contributed by atoms with van der Waals surface area (Å²) >= 11 is 0. The summed E-state index contributed by atoms with van der Waals surface area (Å²) < 4.78 is 23.9. The van der Waals surface area contributed by atoms with E-state index in [2.05, 4.69) is 0 Å². The smallest absolute Gasteiger partial charge is 0.222 e. The Hall–Kier alpha value is -0.420. The van der Waals surface area contributed by atoms with Crippen molar-refractivity contribution in [2.45, 2.75) is 26.3 Å². The van der Waals surface area contributed by atoms with Gasteiger partial charge in [0.1, 0.15) is 5.75 Å². The summed E-state index contributed by atoms with van der Waals surface area (Å²) in [6.07, 6.45) is 0. The number of Topliss-reactive ketones (excluding diaryl/α,β-unsaturated/α-hetero) is 1. The van der Waals surface area contributed by atoms with Crippen LogP contribution in [0.2, 0.25) is 0 Å². The van der Waals surface area contributed by atoms with Gasteiger partial charge < -0.3 is 0 Å². The van der Waals surface area contributed by atoms with Gasteiger partial charge in [0, 0.05) is 6.54 Å². The third-order valence-corrected chi connectivity index (χ3v) is 4.26. The fraction of sp³-hybridized carbons (Fsp3) is 0.857. The molecule has 1 heterocycles. The SMILES string of the molecule is CCN1C(C)(C)C(=O)CS1(=O)=O. The molecule has 0 aliphatic carbocycles. The molecule has 12 heavy (non-hydrogen) atoms. The molecule has 0 spiro atoms. The molecule has 70 valence electrons. The molecular formula is C7H13NO3S. The van der Waals surface area contributed by atoms with Gasteiger partial charge in [-0.25, -0.2) is 8.42 Å². The Morgan fingerprint density at radius 3 is 2.17 bits per heavy atom. The van der Waals surface area contributed by atoms with Gasteiger partial charge in [-0.2, -0.15) is 4.31 Å². The van der Waals surface area contributed by atoms with Gasteiger partial charge in [0.15, 0.2) is 5.78 Å². The Labute approximate surface area is 72.6 Å². The molecule has 0 aromatic rings. The highest BCUT2D eigenvalue weighted by Gasteiger charge is 2.49. The molecule has 0 saturated carbocycles. The number of ketones is 1. The maximum atomic E-state index is 11.3. The van der Waals surface area contributed by atoms with E-state index in [9.17, 15) is 13.2 Å². The van der Waals surface area contributed by atoms with Crippen molar-refractivity contribution in [1.29, 1.82) is 0 Å². The molecule has 5 heteroatoms. The molecule has 0 aromatic carbocycles. The van der Waals surface area contributed by atoms with Gasteiger partial charge in [0.05, 0.1) is 5.54 Å². The minimum absolute atomic E-state index is 0.218. The quantitative estimate of drug-likeness (QED) is 0.586. The molecule has 1 saturated heterocycles. The lowest BCUT2D eigenvalue weighted by Crippen LogP contribution is -2.43. The molecule has 0 unspecified atom stereocenters. The van der Waals surface area contributed by atoms with Crippen molar-refractivity contribution in [2.75, 3.05) is 12.3 Å². The number of hydrogen-bond donors (Lipinski definition) is 0. The largest absolute Gasteiger partial charge is 0.296 e. The molecule has 1 fully saturated rings. The second kappa shape index (κ2) is 2.53. The van der Waals surface area contributed by atoms with Crippen LogP contribution in [0.1, 0.15) is 20.8 Å². The first kappa shape index (κ1) is 9.67. The van der Waals surface area contributed by atoms with E-state index < -0.39 is 15.6 Å². The van der Waals surface area contributed by atoms with Crippen molar-refractivity contribution in [2.24, 2.45) is 0 Å². The Balaban J connectivity index is 3.18. The van der Waals surface area contributed by atoms with Gasteiger partial charge in [0.25, 0.3) is 0 Å². The summed E-state index contributed by atoms with van der Waals surface area (Å²) in [5, 5.41) is 0. The maximum absolute atomic E-state index is 11.3. The lowest BCUT2D eigenvalue weighted by Gasteiger charge is -2.26. The number of hydrogen-bond acceptors (Lipinski definition) is 3. The topological polar surface area (TPSA) is 54.5 Å². The summed E-state index contributed by atoms with van der Waals surface area (Å²) in [7, 11) is -3.31. The van der Waals surface area contributed by atoms with Crippen LogP contribution in [0.3, 0.4) is 0 Å². The van der Waals surface area contributed by atoms with Crippen LogP contribution in [-0.4, -0.2) is 36.3 Å². The Morgan fingerprint density at radius 2 is 2.00 bits per heavy atom. The van der Waals surface area contributed by atoms with Crippen molar-refractivity contribution >= 4 is 15.8 Å². The second-order valence-electron chi connectivity index (χ2n) is 3.40. The summed E-state index contributed by atoms with van der Waals surface area (Å²) in [4.78, 5) is 11.3. The van der Waals surface area contributed by atoms with Gasteiger partial charge in [-0.15, -0.1) is 0 Å². The summed E-state index contributed by atoms with van der Waals surface area (Å²) in [6.45, 7) is 5.38. The first-order valence-electron chi connectivity index (χ1n) is 3.86. The van der Waals surface area contributed by atoms with E-state index >= 15 is 0 Å². The first-order chi connectivity index (χ1) is 5.32. The molecule has 0 bridgehead atoms. The minimum atomic E-state index is -3.31. The number of carbonyl (C=O) groups excluding carboxylic acids is 1. The van der Waals surface area contributed by atoms with E-state index in [1.165, 1.54) is 4.31 Å². The lowest BCUT2D eigenvalue weighted by atomic mass is 10.0. The zero-order valence-corrected chi connectivity index (χ0v) is 8.31. The average Bonchev–Trinajstić information content (AvgIpc) is 1.99. The molecule has 1 aliphatic heterocycles. The predicted octanol–water partition coefficient (Wildman–Crippen LogP) is -0.000600. The second-order valence-corrected chi connectivity index (χ2v) is 5.30. The summed E-state index contributed by atoms with van der Waals surface area (Å²) in [5.74, 6) is -0.558. The summed E-state index contributed by atoms with van der Waals surface area (Å²) in [5.41, 5.74) is -0.840. The van der Waals surface area contributed by atoms with E-state index in [1.54, 1.807) is 20.8 Å². The molecule has 0 radical (unpaired) electrons. The van der Waals surface area contributed by atoms with Crippen molar-refractivity contribution in [3.8, 4) is 0 Å². The highest BCUT2D eigenvalue weighted by molar-refractivity contribution is 7.90. The van der Waals surface area contributed by atoms with Crippen LogP contribution >= 0.6 is 0 Å². The molecule has 1 aliphatic rings. The molecule has 0 N–H and O–H groups in total. The Morgan fingerprint density at radius 1 is 1.50 bits per heavy atom. The monoisotopic (exact) mass is 191 g/mol. The highest BCUT2D eigenvalue weighted by Crippen LogP contribution is 2.27. The van der Waals surface area contributed by atoms with E-state index in [4.69, 9.17) is 0 Å². The molecule has 0 amide bonds. The van der Waals surface area contributed by atoms with Crippen LogP contribution in [-0.2, 0) is 14.8 Å². The first-order valence-corrected chi connectivity index (χ1v) is 5.47. The van der Waals surface area contributed by atoms with Crippen LogP contribution in [0.25, 0.3) is 0 Å². The molecule has 1 rings (SSSR count).